The molecule has 0 unspecified atom stereocenters. The van der Waals surface area contributed by atoms with Crippen molar-refractivity contribution in [2.24, 2.45) is 4.99 Å². The number of anilines is 2. The van der Waals surface area contributed by atoms with Gasteiger partial charge < -0.3 is 14.6 Å². The topological polar surface area (TPSA) is 81.6 Å². The molecule has 0 aliphatic heterocycles. The molecule has 3 rings (SSSR count). The Bertz CT molecular complexity index is 1100. The molecule has 1 N–H and O–H groups in total. The van der Waals surface area contributed by atoms with E-state index in [1.54, 1.807) is 18.2 Å². The normalized spacial score (nSPS) is 11.3. The molecule has 0 atom stereocenters. The van der Waals surface area contributed by atoms with Crippen LogP contribution in [0.4, 0.5) is 16.2 Å². The largest absolute Gasteiger partial charge is 0.437 e. The molecule has 2 aromatic carbocycles. The third kappa shape index (κ3) is 4.21. The Kier molecular flexibility index (Phi) is 5.75. The van der Waals surface area contributed by atoms with E-state index in [9.17, 15) is 10.1 Å². The van der Waals surface area contributed by atoms with E-state index >= 15 is 0 Å². The zero-order chi connectivity index (χ0) is 20.1. The number of urea groups is 1. The Balaban J connectivity index is 2.00. The first-order valence-corrected chi connectivity index (χ1v) is 9.19. The molecular weight excluding hydrogens is 352 g/mol. The first-order valence-electron chi connectivity index (χ1n) is 9.19. The molecule has 0 spiro atoms. The van der Waals surface area contributed by atoms with Gasteiger partial charge in [0.1, 0.15) is 17.2 Å². The lowest BCUT2D eigenvalue weighted by Crippen LogP contribution is -2.21. The maximum absolute atomic E-state index is 12.3. The van der Waals surface area contributed by atoms with Gasteiger partial charge in [-0.25, -0.2) is 4.79 Å². The van der Waals surface area contributed by atoms with Crippen molar-refractivity contribution in [2.45, 2.75) is 20.8 Å². The maximum Gasteiger partial charge on any atom is 0.348 e. The van der Waals surface area contributed by atoms with Gasteiger partial charge in [0.05, 0.1) is 0 Å². The second-order valence-corrected chi connectivity index (χ2v) is 6.38. The van der Waals surface area contributed by atoms with Crippen molar-refractivity contribution < 1.29 is 9.21 Å². The lowest BCUT2D eigenvalue weighted by Gasteiger charge is -2.20. The zero-order valence-corrected chi connectivity index (χ0v) is 16.2. The van der Waals surface area contributed by atoms with E-state index < -0.39 is 6.03 Å². The number of hydrogen-bond donors (Lipinski definition) is 1. The predicted molar refractivity (Wildman–Crippen MR) is 110 cm³/mol. The lowest BCUT2D eigenvalue weighted by molar-refractivity contribution is 0.258. The Morgan fingerprint density at radius 3 is 2.50 bits per heavy atom. The minimum Gasteiger partial charge on any atom is -0.437 e. The highest BCUT2D eigenvalue weighted by Crippen LogP contribution is 2.22. The van der Waals surface area contributed by atoms with E-state index in [1.165, 1.54) is 0 Å². The number of nitrogens with one attached hydrogen (secondary N) is 1. The van der Waals surface area contributed by atoms with E-state index in [0.29, 0.717) is 11.3 Å². The van der Waals surface area contributed by atoms with Crippen LogP contribution in [-0.2, 0) is 0 Å². The van der Waals surface area contributed by atoms with Crippen LogP contribution >= 0.6 is 0 Å². The summed E-state index contributed by atoms with van der Waals surface area (Å²) in [7, 11) is 0. The quantitative estimate of drug-likeness (QED) is 0.724. The van der Waals surface area contributed by atoms with Gasteiger partial charge in [-0.15, -0.1) is 0 Å². The number of fused-ring (bicyclic) bond motifs is 1. The number of nitrogens with zero attached hydrogens (tertiary/aromatic N) is 3. The van der Waals surface area contributed by atoms with Crippen molar-refractivity contribution >= 4 is 28.4 Å². The summed E-state index contributed by atoms with van der Waals surface area (Å²) in [5, 5.41) is 12.9. The van der Waals surface area contributed by atoms with Gasteiger partial charge in [0.25, 0.3) is 0 Å². The molecule has 6 nitrogen and oxygen atoms in total. The summed E-state index contributed by atoms with van der Waals surface area (Å²) >= 11 is 0. The van der Waals surface area contributed by atoms with Gasteiger partial charge in [-0.05, 0) is 51.1 Å². The van der Waals surface area contributed by atoms with E-state index in [1.807, 2.05) is 43.3 Å². The molecule has 6 heteroatoms. The van der Waals surface area contributed by atoms with Crippen LogP contribution in [0, 0.1) is 18.3 Å². The molecule has 2 amide bonds. The second kappa shape index (κ2) is 8.40. The number of nitriles is 1. The van der Waals surface area contributed by atoms with Crippen LogP contribution in [0.2, 0.25) is 0 Å². The lowest BCUT2D eigenvalue weighted by atomic mass is 10.1. The van der Waals surface area contributed by atoms with Crippen molar-refractivity contribution in [3.05, 3.63) is 65.2 Å². The molecule has 1 aromatic heterocycles. The van der Waals surface area contributed by atoms with Crippen molar-refractivity contribution in [2.75, 3.05) is 23.3 Å². The Morgan fingerprint density at radius 2 is 1.86 bits per heavy atom. The summed E-state index contributed by atoms with van der Waals surface area (Å²) in [6.07, 6.45) is 0. The average molecular weight is 374 g/mol. The van der Waals surface area contributed by atoms with E-state index in [0.717, 1.165) is 29.7 Å². The van der Waals surface area contributed by atoms with Crippen LogP contribution < -0.4 is 15.8 Å². The molecule has 0 fully saturated rings. The van der Waals surface area contributed by atoms with Crippen LogP contribution in [-0.4, -0.2) is 19.1 Å². The van der Waals surface area contributed by atoms with Crippen LogP contribution in [0.15, 0.2) is 57.9 Å². The number of carbonyl (C=O) groups excluding carboxylic acids is 1. The van der Waals surface area contributed by atoms with Crippen molar-refractivity contribution in [1.29, 1.82) is 5.26 Å². The van der Waals surface area contributed by atoms with E-state index in [2.05, 4.69) is 29.1 Å². The third-order valence-corrected chi connectivity index (χ3v) is 4.49. The smallest absolute Gasteiger partial charge is 0.348 e. The minimum absolute atomic E-state index is 0.00342. The van der Waals surface area contributed by atoms with Crippen LogP contribution in [0.3, 0.4) is 0 Å². The molecule has 0 bridgehead atoms. The second-order valence-electron chi connectivity index (χ2n) is 6.38. The molecule has 142 valence electrons. The third-order valence-electron chi connectivity index (χ3n) is 4.49. The number of benzene rings is 2. The van der Waals surface area contributed by atoms with Crippen molar-refractivity contribution in [3.63, 3.8) is 0 Å². The fourth-order valence-corrected chi connectivity index (χ4v) is 2.94. The number of carbonyl (C=O) groups is 1. The molecule has 0 saturated heterocycles. The van der Waals surface area contributed by atoms with Gasteiger partial charge in [0.2, 0.25) is 5.55 Å². The first kappa shape index (κ1) is 19.2. The highest BCUT2D eigenvalue weighted by molar-refractivity contribution is 5.90. The first-order chi connectivity index (χ1) is 13.5. The van der Waals surface area contributed by atoms with E-state index in [4.69, 9.17) is 4.42 Å². The standard InChI is InChI=1S/C22H22N4O2/c1-4-26(5-2)19-11-8-16-12-17(14-23)21(28-20(16)13-19)25-22(27)24-18-9-6-15(3)7-10-18/h6-13H,4-5H2,1-3H3,(H,24,27)/b25-21+. The van der Waals surface area contributed by atoms with Gasteiger partial charge in [0.15, 0.2) is 0 Å². The van der Waals surface area contributed by atoms with E-state index in [-0.39, 0.29) is 11.1 Å². The van der Waals surface area contributed by atoms with Gasteiger partial charge in [-0.2, -0.15) is 10.3 Å². The average Bonchev–Trinajstić information content (AvgIpc) is 2.70. The Labute approximate surface area is 163 Å². The van der Waals surface area contributed by atoms with Gasteiger partial charge in [-0.1, -0.05) is 17.7 Å². The molecular formula is C22H22N4O2. The summed E-state index contributed by atoms with van der Waals surface area (Å²) in [5.41, 5.74) is 3.52. The molecule has 0 saturated carbocycles. The number of amides is 2. The highest BCUT2D eigenvalue weighted by atomic mass is 16.3. The summed E-state index contributed by atoms with van der Waals surface area (Å²) < 4.78 is 5.81. The van der Waals surface area contributed by atoms with Crippen molar-refractivity contribution in [3.8, 4) is 6.07 Å². The molecule has 0 aliphatic carbocycles. The summed E-state index contributed by atoms with van der Waals surface area (Å²) in [6.45, 7) is 7.87. The molecule has 0 aliphatic rings. The van der Waals surface area contributed by atoms with Crippen molar-refractivity contribution in [1.82, 2.24) is 0 Å². The highest BCUT2D eigenvalue weighted by Gasteiger charge is 2.09. The molecule has 1 heterocycles. The van der Waals surface area contributed by atoms with Crippen LogP contribution in [0.5, 0.6) is 0 Å². The SMILES string of the molecule is CCN(CC)c1ccc2cc(C#N)/c(=N\C(=O)Nc3ccc(C)cc3)oc2c1. The van der Waals surface area contributed by atoms with Gasteiger partial charge in [-0.3, -0.25) is 0 Å². The molecule has 28 heavy (non-hydrogen) atoms. The number of hydrogen-bond acceptors (Lipinski definition) is 4. The summed E-state index contributed by atoms with van der Waals surface area (Å²) in [5.74, 6) is 0. The van der Waals surface area contributed by atoms with Crippen LogP contribution in [0.1, 0.15) is 25.0 Å². The van der Waals surface area contributed by atoms with Gasteiger partial charge >= 0.3 is 6.03 Å². The fourth-order valence-electron chi connectivity index (χ4n) is 2.94. The Hall–Kier alpha value is -3.59. The summed E-state index contributed by atoms with van der Waals surface area (Å²) in [6, 6.07) is 16.3. The minimum atomic E-state index is -0.594. The monoisotopic (exact) mass is 374 g/mol. The maximum atomic E-state index is 12.3. The molecule has 3 aromatic rings. The summed E-state index contributed by atoms with van der Waals surface area (Å²) in [4.78, 5) is 18.4. The fraction of sp³-hybridized carbons (Fsp3) is 0.227. The van der Waals surface area contributed by atoms with Crippen LogP contribution in [0.25, 0.3) is 11.0 Å². The Morgan fingerprint density at radius 1 is 1.14 bits per heavy atom. The van der Waals surface area contributed by atoms with Gasteiger partial charge in [0, 0.05) is 35.9 Å². The number of rotatable bonds is 4. The zero-order valence-electron chi connectivity index (χ0n) is 16.2. The molecule has 0 radical (unpaired) electrons. The number of aryl methyl sites for hydroxylation is 1. The predicted octanol–water partition coefficient (Wildman–Crippen LogP) is 4.59.